The van der Waals surface area contributed by atoms with Gasteiger partial charge in [-0.15, -0.1) is 5.10 Å². The van der Waals surface area contributed by atoms with Gasteiger partial charge in [0.25, 0.3) is 0 Å². The number of hydrogen-bond donors (Lipinski definition) is 1. The molecule has 1 N–H and O–H groups in total. The maximum atomic E-state index is 11.5. The van der Waals surface area contributed by atoms with Gasteiger partial charge in [0.2, 0.25) is 5.88 Å². The minimum absolute atomic E-state index is 0.156. The Morgan fingerprint density at radius 2 is 1.85 bits per heavy atom. The largest absolute Gasteiger partial charge is 0.477 e. The van der Waals surface area contributed by atoms with Crippen LogP contribution in [0.2, 0.25) is 0 Å². The van der Waals surface area contributed by atoms with Gasteiger partial charge in [0, 0.05) is 0 Å². The van der Waals surface area contributed by atoms with Crippen LogP contribution in [-0.2, 0) is 12.8 Å². The van der Waals surface area contributed by atoms with Crippen molar-refractivity contribution in [3.8, 4) is 5.88 Å². The van der Waals surface area contributed by atoms with Gasteiger partial charge >= 0.3 is 5.97 Å². The molecule has 1 aromatic heterocycles. The van der Waals surface area contributed by atoms with Gasteiger partial charge in [-0.3, -0.25) is 0 Å². The number of aromatic carboxylic acids is 1. The first-order valence-corrected chi connectivity index (χ1v) is 7.40. The second-order valence-corrected chi connectivity index (χ2v) is 4.73. The molecular weight excluding hydrogens is 256 g/mol. The fraction of sp³-hybridized carbons (Fsp3) is 0.667. The first-order chi connectivity index (χ1) is 9.65. The van der Waals surface area contributed by atoms with Crippen molar-refractivity contribution in [2.45, 2.75) is 59.3 Å². The maximum Gasteiger partial charge on any atom is 0.341 e. The molecule has 0 radical (unpaired) electrons. The first-order valence-electron chi connectivity index (χ1n) is 7.40. The van der Waals surface area contributed by atoms with E-state index in [2.05, 4.69) is 17.1 Å². The molecule has 0 spiro atoms. The van der Waals surface area contributed by atoms with Crippen LogP contribution in [0.5, 0.6) is 5.88 Å². The molecular formula is C15H24N2O3. The second-order valence-electron chi connectivity index (χ2n) is 4.73. The number of aromatic nitrogens is 2. The van der Waals surface area contributed by atoms with E-state index < -0.39 is 5.97 Å². The number of rotatable bonds is 9. The topological polar surface area (TPSA) is 72.3 Å². The molecule has 0 bridgehead atoms. The zero-order chi connectivity index (χ0) is 15.0. The number of ether oxygens (including phenoxy) is 1. The summed E-state index contributed by atoms with van der Waals surface area (Å²) in [6.07, 6.45) is 5.60. The lowest BCUT2D eigenvalue weighted by atomic mass is 10.0. The van der Waals surface area contributed by atoms with Crippen LogP contribution in [0.3, 0.4) is 0 Å². The molecule has 5 heteroatoms. The van der Waals surface area contributed by atoms with Crippen LogP contribution in [0, 0.1) is 0 Å². The predicted octanol–water partition coefficient (Wildman–Crippen LogP) is 3.26. The number of aryl methyl sites for hydroxylation is 1. The molecule has 0 aliphatic rings. The fourth-order valence-electron chi connectivity index (χ4n) is 2.17. The molecule has 1 aromatic rings. The van der Waals surface area contributed by atoms with Crippen LogP contribution >= 0.6 is 0 Å². The minimum Gasteiger partial charge on any atom is -0.477 e. The molecule has 0 aliphatic heterocycles. The standard InChI is InChI=1S/C15H24N2O3/c1-4-7-8-9-10-20-14-13(15(18)19)11(5-2)12(6-3)16-17-14/h4-10H2,1-3H3,(H,18,19). The lowest BCUT2D eigenvalue weighted by Crippen LogP contribution is -2.13. The second kappa shape index (κ2) is 8.51. The van der Waals surface area contributed by atoms with Crippen molar-refractivity contribution in [3.63, 3.8) is 0 Å². The average molecular weight is 280 g/mol. The van der Waals surface area contributed by atoms with Crippen molar-refractivity contribution < 1.29 is 14.6 Å². The number of hydrogen-bond acceptors (Lipinski definition) is 4. The molecule has 1 rings (SSSR count). The van der Waals surface area contributed by atoms with Crippen LogP contribution in [-0.4, -0.2) is 27.9 Å². The van der Waals surface area contributed by atoms with Crippen molar-refractivity contribution in [2.24, 2.45) is 0 Å². The molecule has 0 atom stereocenters. The van der Waals surface area contributed by atoms with Gasteiger partial charge in [-0.2, -0.15) is 5.10 Å². The Kier molecular flexibility index (Phi) is 6.98. The Morgan fingerprint density at radius 3 is 2.40 bits per heavy atom. The molecule has 0 saturated carbocycles. The summed E-state index contributed by atoms with van der Waals surface area (Å²) in [7, 11) is 0. The SMILES string of the molecule is CCCCCCOc1nnc(CC)c(CC)c1C(=O)O. The molecule has 20 heavy (non-hydrogen) atoms. The summed E-state index contributed by atoms with van der Waals surface area (Å²) < 4.78 is 5.53. The fourth-order valence-corrected chi connectivity index (χ4v) is 2.17. The summed E-state index contributed by atoms with van der Waals surface area (Å²) in [6.45, 7) is 6.50. The Hall–Kier alpha value is -1.65. The zero-order valence-corrected chi connectivity index (χ0v) is 12.6. The molecule has 0 fully saturated rings. The lowest BCUT2D eigenvalue weighted by Gasteiger charge is -2.12. The van der Waals surface area contributed by atoms with Crippen LogP contribution < -0.4 is 4.74 Å². The third-order valence-corrected chi connectivity index (χ3v) is 3.26. The van der Waals surface area contributed by atoms with E-state index in [1.807, 2.05) is 13.8 Å². The van der Waals surface area contributed by atoms with E-state index in [0.29, 0.717) is 19.4 Å². The van der Waals surface area contributed by atoms with E-state index in [1.54, 1.807) is 0 Å². The number of carboxylic acid groups (broad SMARTS) is 1. The number of carboxylic acids is 1. The monoisotopic (exact) mass is 280 g/mol. The normalized spacial score (nSPS) is 10.6. The van der Waals surface area contributed by atoms with E-state index in [-0.39, 0.29) is 11.4 Å². The third kappa shape index (κ3) is 4.18. The van der Waals surface area contributed by atoms with Crippen LogP contribution in [0.25, 0.3) is 0 Å². The van der Waals surface area contributed by atoms with Gasteiger partial charge in [-0.25, -0.2) is 4.79 Å². The van der Waals surface area contributed by atoms with Crippen molar-refractivity contribution in [1.82, 2.24) is 10.2 Å². The molecule has 0 saturated heterocycles. The quantitative estimate of drug-likeness (QED) is 0.703. The van der Waals surface area contributed by atoms with E-state index in [4.69, 9.17) is 4.74 Å². The van der Waals surface area contributed by atoms with Gasteiger partial charge in [-0.05, 0) is 24.8 Å². The maximum absolute atomic E-state index is 11.5. The molecule has 0 aromatic carbocycles. The minimum atomic E-state index is -0.991. The Balaban J connectivity index is 2.87. The van der Waals surface area contributed by atoms with Gasteiger partial charge in [0.15, 0.2) is 0 Å². The Bertz CT molecular complexity index is 447. The molecule has 5 nitrogen and oxygen atoms in total. The number of carbonyl (C=O) groups is 1. The van der Waals surface area contributed by atoms with Gasteiger partial charge in [-0.1, -0.05) is 40.0 Å². The third-order valence-electron chi connectivity index (χ3n) is 3.26. The molecule has 0 aliphatic carbocycles. The van der Waals surface area contributed by atoms with Crippen molar-refractivity contribution in [1.29, 1.82) is 0 Å². The number of unbranched alkanes of at least 4 members (excludes halogenated alkanes) is 3. The summed E-state index contributed by atoms with van der Waals surface area (Å²) in [4.78, 5) is 11.5. The Labute approximate surface area is 120 Å². The zero-order valence-electron chi connectivity index (χ0n) is 12.6. The molecule has 112 valence electrons. The summed E-state index contributed by atoms with van der Waals surface area (Å²) in [5.74, 6) is -0.835. The van der Waals surface area contributed by atoms with Crippen molar-refractivity contribution >= 4 is 5.97 Å². The highest BCUT2D eigenvalue weighted by Gasteiger charge is 2.21. The average Bonchev–Trinajstić information content (AvgIpc) is 2.45. The smallest absolute Gasteiger partial charge is 0.341 e. The van der Waals surface area contributed by atoms with E-state index >= 15 is 0 Å². The lowest BCUT2D eigenvalue weighted by molar-refractivity contribution is 0.0689. The van der Waals surface area contributed by atoms with Crippen LogP contribution in [0.1, 0.15) is 68.1 Å². The van der Waals surface area contributed by atoms with E-state index in [9.17, 15) is 9.90 Å². The van der Waals surface area contributed by atoms with Gasteiger partial charge in [0.05, 0.1) is 12.3 Å². The van der Waals surface area contributed by atoms with Crippen LogP contribution in [0.15, 0.2) is 0 Å². The predicted molar refractivity (Wildman–Crippen MR) is 77.4 cm³/mol. The van der Waals surface area contributed by atoms with Gasteiger partial charge < -0.3 is 9.84 Å². The number of nitrogens with zero attached hydrogens (tertiary/aromatic N) is 2. The molecule has 0 unspecified atom stereocenters. The van der Waals surface area contributed by atoms with Crippen molar-refractivity contribution in [3.05, 3.63) is 16.8 Å². The summed E-state index contributed by atoms with van der Waals surface area (Å²) >= 11 is 0. The highest BCUT2D eigenvalue weighted by Crippen LogP contribution is 2.23. The van der Waals surface area contributed by atoms with E-state index in [1.165, 1.54) is 0 Å². The molecule has 1 heterocycles. The van der Waals surface area contributed by atoms with Crippen LogP contribution in [0.4, 0.5) is 0 Å². The highest BCUT2D eigenvalue weighted by atomic mass is 16.5. The summed E-state index contributed by atoms with van der Waals surface area (Å²) in [5.41, 5.74) is 1.65. The summed E-state index contributed by atoms with van der Waals surface area (Å²) in [6, 6.07) is 0. The summed E-state index contributed by atoms with van der Waals surface area (Å²) in [5, 5.41) is 17.4. The first kappa shape index (κ1) is 16.4. The highest BCUT2D eigenvalue weighted by molar-refractivity contribution is 5.92. The van der Waals surface area contributed by atoms with Gasteiger partial charge in [0.1, 0.15) is 5.56 Å². The molecule has 0 amide bonds. The Morgan fingerprint density at radius 1 is 1.10 bits per heavy atom. The van der Waals surface area contributed by atoms with E-state index in [0.717, 1.165) is 36.9 Å². The van der Waals surface area contributed by atoms with Crippen molar-refractivity contribution in [2.75, 3.05) is 6.61 Å².